The first kappa shape index (κ1) is 16.5. The zero-order valence-corrected chi connectivity index (χ0v) is 13.4. The second-order valence-electron chi connectivity index (χ2n) is 4.43. The summed E-state index contributed by atoms with van der Waals surface area (Å²) in [4.78, 5) is 16.3. The van der Waals surface area contributed by atoms with Gasteiger partial charge in [-0.15, -0.1) is 0 Å². The number of amides is 1. The van der Waals surface area contributed by atoms with Crippen LogP contribution in [0.25, 0.3) is 0 Å². The van der Waals surface area contributed by atoms with Gasteiger partial charge in [-0.1, -0.05) is 23.2 Å². The number of anilines is 2. The molecule has 0 saturated heterocycles. The van der Waals surface area contributed by atoms with Crippen LogP contribution in [0.1, 0.15) is 10.5 Å². The van der Waals surface area contributed by atoms with Crippen molar-refractivity contribution < 1.29 is 9.53 Å². The Morgan fingerprint density at radius 3 is 2.86 bits per heavy atom. The summed E-state index contributed by atoms with van der Waals surface area (Å²) in [5.74, 6) is -0.362. The van der Waals surface area contributed by atoms with Crippen LogP contribution in [0.4, 0.5) is 11.4 Å². The molecule has 0 radical (unpaired) electrons. The number of hydrogen-bond acceptors (Lipinski definition) is 4. The molecule has 0 fully saturated rings. The molecule has 0 aliphatic rings. The van der Waals surface area contributed by atoms with Crippen molar-refractivity contribution in [1.29, 1.82) is 0 Å². The molecule has 0 atom stereocenters. The molecule has 1 amide bonds. The summed E-state index contributed by atoms with van der Waals surface area (Å²) < 4.78 is 4.96. The number of rotatable bonds is 6. The molecule has 0 saturated carbocycles. The minimum Gasteiger partial charge on any atom is -0.383 e. The fourth-order valence-electron chi connectivity index (χ4n) is 1.74. The van der Waals surface area contributed by atoms with Crippen molar-refractivity contribution in [2.45, 2.75) is 0 Å². The van der Waals surface area contributed by atoms with Crippen molar-refractivity contribution in [3.05, 3.63) is 52.3 Å². The second kappa shape index (κ2) is 7.98. The lowest BCUT2D eigenvalue weighted by atomic mass is 10.2. The van der Waals surface area contributed by atoms with Crippen molar-refractivity contribution in [3.63, 3.8) is 0 Å². The van der Waals surface area contributed by atoms with Crippen LogP contribution in [0.15, 0.2) is 36.5 Å². The zero-order chi connectivity index (χ0) is 15.9. The highest BCUT2D eigenvalue weighted by molar-refractivity contribution is 6.35. The average molecular weight is 340 g/mol. The number of carbonyl (C=O) groups excluding carboxylic acids is 1. The summed E-state index contributed by atoms with van der Waals surface area (Å²) in [6.45, 7) is 1.21. The zero-order valence-electron chi connectivity index (χ0n) is 11.9. The van der Waals surface area contributed by atoms with E-state index in [2.05, 4.69) is 15.6 Å². The third-order valence-electron chi connectivity index (χ3n) is 2.80. The normalized spacial score (nSPS) is 10.3. The summed E-state index contributed by atoms with van der Waals surface area (Å²) in [5, 5.41) is 6.72. The van der Waals surface area contributed by atoms with Gasteiger partial charge < -0.3 is 15.4 Å². The van der Waals surface area contributed by atoms with Gasteiger partial charge in [-0.3, -0.25) is 9.78 Å². The van der Waals surface area contributed by atoms with Crippen molar-refractivity contribution in [2.24, 2.45) is 0 Å². The molecule has 0 bridgehead atoms. The van der Waals surface area contributed by atoms with Crippen LogP contribution >= 0.6 is 23.2 Å². The van der Waals surface area contributed by atoms with Crippen molar-refractivity contribution in [2.75, 3.05) is 30.9 Å². The standard InChI is InChI=1S/C15H15Cl2N3O2/c1-22-7-6-18-11-4-5-19-14(9-11)15(21)20-13-8-10(16)2-3-12(13)17/h2-5,8-9H,6-7H2,1H3,(H,18,19)(H,20,21). The van der Waals surface area contributed by atoms with E-state index in [0.29, 0.717) is 28.9 Å². The molecule has 1 aromatic carbocycles. The molecule has 116 valence electrons. The quantitative estimate of drug-likeness (QED) is 0.787. The molecule has 22 heavy (non-hydrogen) atoms. The van der Waals surface area contributed by atoms with Gasteiger partial charge in [-0.25, -0.2) is 0 Å². The summed E-state index contributed by atoms with van der Waals surface area (Å²) in [6.07, 6.45) is 1.56. The van der Waals surface area contributed by atoms with E-state index >= 15 is 0 Å². The SMILES string of the molecule is COCCNc1ccnc(C(=O)Nc2cc(Cl)ccc2Cl)c1. The fourth-order valence-corrected chi connectivity index (χ4v) is 2.08. The van der Waals surface area contributed by atoms with Crippen LogP contribution in [0.3, 0.4) is 0 Å². The molecule has 0 aliphatic heterocycles. The first-order valence-electron chi connectivity index (χ1n) is 6.55. The van der Waals surface area contributed by atoms with Crippen LogP contribution in [-0.4, -0.2) is 31.2 Å². The van der Waals surface area contributed by atoms with Crippen molar-refractivity contribution >= 4 is 40.5 Å². The number of nitrogens with one attached hydrogen (secondary N) is 2. The molecule has 1 aromatic heterocycles. The third-order valence-corrected chi connectivity index (χ3v) is 3.37. The molecular formula is C15H15Cl2N3O2. The van der Waals surface area contributed by atoms with Crippen LogP contribution in [0.2, 0.25) is 10.0 Å². The maximum Gasteiger partial charge on any atom is 0.274 e. The van der Waals surface area contributed by atoms with E-state index in [1.165, 1.54) is 0 Å². The van der Waals surface area contributed by atoms with Gasteiger partial charge in [0.05, 0.1) is 17.3 Å². The summed E-state index contributed by atoms with van der Waals surface area (Å²) in [5.41, 5.74) is 1.51. The fraction of sp³-hybridized carbons (Fsp3) is 0.200. The van der Waals surface area contributed by atoms with Gasteiger partial charge >= 0.3 is 0 Å². The molecule has 7 heteroatoms. The number of ether oxygens (including phenoxy) is 1. The molecule has 2 rings (SSSR count). The molecule has 0 unspecified atom stereocenters. The summed E-state index contributed by atoms with van der Waals surface area (Å²) >= 11 is 11.9. The maximum atomic E-state index is 12.2. The predicted molar refractivity (Wildman–Crippen MR) is 89.0 cm³/mol. The van der Waals surface area contributed by atoms with Gasteiger partial charge in [0.1, 0.15) is 5.69 Å². The maximum absolute atomic E-state index is 12.2. The highest BCUT2D eigenvalue weighted by atomic mass is 35.5. The lowest BCUT2D eigenvalue weighted by Gasteiger charge is -2.09. The van der Waals surface area contributed by atoms with Gasteiger partial charge in [0, 0.05) is 30.6 Å². The Morgan fingerprint density at radius 2 is 2.09 bits per heavy atom. The van der Waals surface area contributed by atoms with E-state index in [0.717, 1.165) is 5.69 Å². The second-order valence-corrected chi connectivity index (χ2v) is 5.27. The van der Waals surface area contributed by atoms with Crippen LogP contribution in [0, 0.1) is 0 Å². The average Bonchev–Trinajstić information content (AvgIpc) is 2.51. The molecule has 1 heterocycles. The number of pyridine rings is 1. The highest BCUT2D eigenvalue weighted by Crippen LogP contribution is 2.25. The first-order valence-corrected chi connectivity index (χ1v) is 7.31. The lowest BCUT2D eigenvalue weighted by molar-refractivity contribution is 0.102. The minimum absolute atomic E-state index is 0.276. The number of halogens is 2. The van der Waals surface area contributed by atoms with E-state index in [9.17, 15) is 4.79 Å². The monoisotopic (exact) mass is 339 g/mol. The minimum atomic E-state index is -0.362. The molecule has 0 spiro atoms. The van der Waals surface area contributed by atoms with Crippen molar-refractivity contribution in [1.82, 2.24) is 4.98 Å². The smallest absolute Gasteiger partial charge is 0.274 e. The van der Waals surface area contributed by atoms with E-state index in [-0.39, 0.29) is 11.6 Å². The molecular weight excluding hydrogens is 325 g/mol. The van der Waals surface area contributed by atoms with E-state index in [4.69, 9.17) is 27.9 Å². The van der Waals surface area contributed by atoms with Gasteiger partial charge in [-0.2, -0.15) is 0 Å². The number of benzene rings is 1. The molecule has 5 nitrogen and oxygen atoms in total. The number of aromatic nitrogens is 1. The number of nitrogens with zero attached hydrogens (tertiary/aromatic N) is 1. The highest BCUT2D eigenvalue weighted by Gasteiger charge is 2.11. The Morgan fingerprint density at radius 1 is 1.27 bits per heavy atom. The van der Waals surface area contributed by atoms with Gasteiger partial charge in [-0.05, 0) is 30.3 Å². The lowest BCUT2D eigenvalue weighted by Crippen LogP contribution is -2.15. The Bertz CT molecular complexity index is 665. The molecule has 0 aliphatic carbocycles. The molecule has 2 aromatic rings. The topological polar surface area (TPSA) is 63.2 Å². The first-order chi connectivity index (χ1) is 10.6. The number of hydrogen-bond donors (Lipinski definition) is 2. The van der Waals surface area contributed by atoms with Gasteiger partial charge in [0.2, 0.25) is 0 Å². The largest absolute Gasteiger partial charge is 0.383 e. The Hall–Kier alpha value is -1.82. The molecule has 2 N–H and O–H groups in total. The van der Waals surface area contributed by atoms with Crippen LogP contribution < -0.4 is 10.6 Å². The Balaban J connectivity index is 2.09. The third kappa shape index (κ3) is 4.59. The van der Waals surface area contributed by atoms with Gasteiger partial charge in [0.15, 0.2) is 0 Å². The van der Waals surface area contributed by atoms with E-state index in [1.807, 2.05) is 0 Å². The number of methoxy groups -OCH3 is 1. The Kier molecular flexibility index (Phi) is 6.00. The van der Waals surface area contributed by atoms with Gasteiger partial charge in [0.25, 0.3) is 5.91 Å². The number of carbonyl (C=O) groups is 1. The van der Waals surface area contributed by atoms with E-state index in [1.54, 1.807) is 43.6 Å². The van der Waals surface area contributed by atoms with Crippen LogP contribution in [0.5, 0.6) is 0 Å². The van der Waals surface area contributed by atoms with Crippen LogP contribution in [-0.2, 0) is 4.74 Å². The van der Waals surface area contributed by atoms with E-state index < -0.39 is 0 Å². The Labute approximate surface area is 138 Å². The summed E-state index contributed by atoms with van der Waals surface area (Å²) in [7, 11) is 1.63. The predicted octanol–water partition coefficient (Wildman–Crippen LogP) is 3.70. The van der Waals surface area contributed by atoms with Crippen molar-refractivity contribution in [3.8, 4) is 0 Å². The summed E-state index contributed by atoms with van der Waals surface area (Å²) in [6, 6.07) is 8.29.